The fourth-order valence-corrected chi connectivity index (χ4v) is 0.740. The summed E-state index contributed by atoms with van der Waals surface area (Å²) in [7, 11) is 0. The lowest BCUT2D eigenvalue weighted by Gasteiger charge is -1.96. The van der Waals surface area contributed by atoms with Crippen molar-refractivity contribution >= 4 is 0 Å². The Hall–Kier alpha value is -1.09. The van der Waals surface area contributed by atoms with Crippen LogP contribution < -0.4 is 5.32 Å². The Morgan fingerprint density at radius 2 is 2.64 bits per heavy atom. The second-order valence-corrected chi connectivity index (χ2v) is 2.18. The van der Waals surface area contributed by atoms with Gasteiger partial charge in [0, 0.05) is 0 Å². The number of aromatic nitrogens is 1. The topological polar surface area (TPSA) is 38.1 Å². The molecule has 3 heteroatoms. The van der Waals surface area contributed by atoms with Gasteiger partial charge in [0.05, 0.1) is 12.7 Å². The van der Waals surface area contributed by atoms with Crippen molar-refractivity contribution < 1.29 is 4.42 Å². The SMILES string of the molecule is C=CCCNCc1ncco1. The van der Waals surface area contributed by atoms with E-state index in [2.05, 4.69) is 16.9 Å². The van der Waals surface area contributed by atoms with Crippen molar-refractivity contribution in [3.05, 3.63) is 31.0 Å². The molecule has 1 N–H and O–H groups in total. The van der Waals surface area contributed by atoms with Crippen LogP contribution in [0.3, 0.4) is 0 Å². The van der Waals surface area contributed by atoms with Crippen molar-refractivity contribution in [1.29, 1.82) is 0 Å². The van der Waals surface area contributed by atoms with E-state index in [0.29, 0.717) is 6.54 Å². The maximum Gasteiger partial charge on any atom is 0.207 e. The van der Waals surface area contributed by atoms with Crippen LogP contribution in [0.2, 0.25) is 0 Å². The van der Waals surface area contributed by atoms with Crippen molar-refractivity contribution in [3.63, 3.8) is 0 Å². The Bertz CT molecular complexity index is 194. The van der Waals surface area contributed by atoms with Gasteiger partial charge in [0.25, 0.3) is 0 Å². The molecule has 0 aliphatic heterocycles. The smallest absolute Gasteiger partial charge is 0.207 e. The highest BCUT2D eigenvalue weighted by molar-refractivity contribution is 4.79. The minimum absolute atomic E-state index is 0.695. The molecular weight excluding hydrogens is 140 g/mol. The van der Waals surface area contributed by atoms with E-state index in [-0.39, 0.29) is 0 Å². The molecule has 0 saturated carbocycles. The van der Waals surface area contributed by atoms with Crippen LogP contribution in [0.5, 0.6) is 0 Å². The zero-order valence-corrected chi connectivity index (χ0v) is 6.42. The molecule has 11 heavy (non-hydrogen) atoms. The molecule has 1 rings (SSSR count). The number of hydrogen-bond acceptors (Lipinski definition) is 3. The van der Waals surface area contributed by atoms with Crippen molar-refractivity contribution in [2.75, 3.05) is 6.54 Å². The van der Waals surface area contributed by atoms with Crippen LogP contribution >= 0.6 is 0 Å². The maximum absolute atomic E-state index is 5.01. The number of oxazole rings is 1. The molecule has 0 saturated heterocycles. The van der Waals surface area contributed by atoms with Crippen LogP contribution in [0.1, 0.15) is 12.3 Å². The molecule has 1 aromatic heterocycles. The van der Waals surface area contributed by atoms with E-state index in [4.69, 9.17) is 4.42 Å². The molecule has 0 amide bonds. The first-order valence-corrected chi connectivity index (χ1v) is 3.63. The van der Waals surface area contributed by atoms with Gasteiger partial charge in [0.1, 0.15) is 6.26 Å². The molecule has 0 atom stereocenters. The highest BCUT2D eigenvalue weighted by Gasteiger charge is 1.93. The van der Waals surface area contributed by atoms with Crippen LogP contribution in [0.4, 0.5) is 0 Å². The molecule has 0 radical (unpaired) electrons. The van der Waals surface area contributed by atoms with Gasteiger partial charge in [0.15, 0.2) is 0 Å². The van der Waals surface area contributed by atoms with Crippen molar-refractivity contribution in [1.82, 2.24) is 10.3 Å². The fourth-order valence-electron chi connectivity index (χ4n) is 0.740. The second kappa shape index (κ2) is 4.68. The van der Waals surface area contributed by atoms with Crippen molar-refractivity contribution in [3.8, 4) is 0 Å². The van der Waals surface area contributed by atoms with E-state index < -0.39 is 0 Å². The summed E-state index contributed by atoms with van der Waals surface area (Å²) >= 11 is 0. The second-order valence-electron chi connectivity index (χ2n) is 2.18. The molecule has 1 aromatic rings. The highest BCUT2D eigenvalue weighted by Crippen LogP contribution is 1.92. The summed E-state index contributed by atoms with van der Waals surface area (Å²) < 4.78 is 5.01. The zero-order chi connectivity index (χ0) is 7.94. The van der Waals surface area contributed by atoms with Crippen LogP contribution in [-0.2, 0) is 6.54 Å². The molecule has 1 heterocycles. The van der Waals surface area contributed by atoms with Gasteiger partial charge in [-0.25, -0.2) is 4.98 Å². The average Bonchev–Trinajstić information content (AvgIpc) is 2.50. The van der Waals surface area contributed by atoms with Crippen molar-refractivity contribution in [2.24, 2.45) is 0 Å². The van der Waals surface area contributed by atoms with Crippen LogP contribution in [0.15, 0.2) is 29.5 Å². The van der Waals surface area contributed by atoms with Crippen LogP contribution in [0.25, 0.3) is 0 Å². The van der Waals surface area contributed by atoms with E-state index in [9.17, 15) is 0 Å². The van der Waals surface area contributed by atoms with Gasteiger partial charge in [-0.15, -0.1) is 6.58 Å². The number of nitrogens with zero attached hydrogens (tertiary/aromatic N) is 1. The molecular formula is C8H12N2O. The van der Waals surface area contributed by atoms with Crippen molar-refractivity contribution in [2.45, 2.75) is 13.0 Å². The standard InChI is InChI=1S/C8H12N2O/c1-2-3-4-9-7-8-10-5-6-11-8/h2,5-6,9H,1,3-4,7H2. The lowest BCUT2D eigenvalue weighted by Crippen LogP contribution is -2.13. The summed E-state index contributed by atoms with van der Waals surface area (Å²) in [5, 5.41) is 3.16. The number of hydrogen-bond donors (Lipinski definition) is 1. The van der Waals surface area contributed by atoms with Gasteiger partial charge in [-0.05, 0) is 13.0 Å². The van der Waals surface area contributed by atoms with Gasteiger partial charge < -0.3 is 9.73 Å². The minimum atomic E-state index is 0.695. The van der Waals surface area contributed by atoms with Gasteiger partial charge in [-0.2, -0.15) is 0 Å². The summed E-state index contributed by atoms with van der Waals surface area (Å²) in [5.74, 6) is 0.731. The van der Waals surface area contributed by atoms with E-state index in [1.807, 2.05) is 6.08 Å². The summed E-state index contributed by atoms with van der Waals surface area (Å²) in [4.78, 5) is 3.96. The Morgan fingerprint density at radius 3 is 3.27 bits per heavy atom. The first-order valence-electron chi connectivity index (χ1n) is 3.63. The molecule has 0 fully saturated rings. The number of rotatable bonds is 5. The molecule has 3 nitrogen and oxygen atoms in total. The monoisotopic (exact) mass is 152 g/mol. The Balaban J connectivity index is 2.09. The normalized spacial score (nSPS) is 9.82. The average molecular weight is 152 g/mol. The van der Waals surface area contributed by atoms with Gasteiger partial charge in [-0.3, -0.25) is 0 Å². The maximum atomic E-state index is 5.01. The molecule has 60 valence electrons. The number of nitrogens with one attached hydrogen (secondary N) is 1. The molecule has 0 unspecified atom stereocenters. The summed E-state index contributed by atoms with van der Waals surface area (Å²) in [5.41, 5.74) is 0. The van der Waals surface area contributed by atoms with Gasteiger partial charge in [0.2, 0.25) is 5.89 Å². The lowest BCUT2D eigenvalue weighted by molar-refractivity contribution is 0.470. The third-order valence-corrected chi connectivity index (χ3v) is 1.28. The highest BCUT2D eigenvalue weighted by atomic mass is 16.3. The summed E-state index contributed by atoms with van der Waals surface area (Å²) in [6, 6.07) is 0. The van der Waals surface area contributed by atoms with Crippen LogP contribution in [-0.4, -0.2) is 11.5 Å². The Labute approximate surface area is 66.1 Å². The van der Waals surface area contributed by atoms with E-state index in [1.165, 1.54) is 0 Å². The quantitative estimate of drug-likeness (QED) is 0.511. The first kappa shape index (κ1) is 8.01. The Morgan fingerprint density at radius 1 is 1.73 bits per heavy atom. The largest absolute Gasteiger partial charge is 0.448 e. The summed E-state index contributed by atoms with van der Waals surface area (Å²) in [6.07, 6.45) is 6.07. The minimum Gasteiger partial charge on any atom is -0.448 e. The fraction of sp³-hybridized carbons (Fsp3) is 0.375. The van der Waals surface area contributed by atoms with E-state index in [0.717, 1.165) is 18.9 Å². The van der Waals surface area contributed by atoms with E-state index in [1.54, 1.807) is 12.5 Å². The third-order valence-electron chi connectivity index (χ3n) is 1.28. The molecule has 0 bridgehead atoms. The molecule has 0 aromatic carbocycles. The predicted octanol–water partition coefficient (Wildman–Crippen LogP) is 1.34. The zero-order valence-electron chi connectivity index (χ0n) is 6.42. The lowest BCUT2D eigenvalue weighted by atomic mass is 10.4. The van der Waals surface area contributed by atoms with Gasteiger partial charge >= 0.3 is 0 Å². The van der Waals surface area contributed by atoms with E-state index >= 15 is 0 Å². The molecule has 0 aliphatic rings. The molecule has 0 spiro atoms. The van der Waals surface area contributed by atoms with Gasteiger partial charge in [-0.1, -0.05) is 6.08 Å². The first-order chi connectivity index (χ1) is 5.43. The third kappa shape index (κ3) is 3.00. The van der Waals surface area contributed by atoms with Crippen LogP contribution in [0, 0.1) is 0 Å². The summed E-state index contributed by atoms with van der Waals surface area (Å²) in [6.45, 7) is 5.23. The predicted molar refractivity (Wildman–Crippen MR) is 43.0 cm³/mol. The molecule has 0 aliphatic carbocycles. The Kier molecular flexibility index (Phi) is 3.41.